The van der Waals surface area contributed by atoms with E-state index in [0.29, 0.717) is 42.5 Å². The van der Waals surface area contributed by atoms with Crippen molar-refractivity contribution in [2.45, 2.75) is 46.1 Å². The molecule has 11 nitrogen and oxygen atoms in total. The Kier molecular flexibility index (Phi) is 7.52. The second-order valence-electron chi connectivity index (χ2n) is 9.44. The Bertz CT molecular complexity index is 1410. The van der Waals surface area contributed by atoms with Crippen LogP contribution in [0, 0.1) is 25.7 Å². The molecule has 38 heavy (non-hydrogen) atoms. The highest BCUT2D eigenvalue weighted by Crippen LogP contribution is 2.32. The van der Waals surface area contributed by atoms with Gasteiger partial charge in [-0.2, -0.15) is 5.43 Å². The number of ether oxygens (including phenoxy) is 1. The predicted molar refractivity (Wildman–Crippen MR) is 136 cm³/mol. The van der Waals surface area contributed by atoms with Gasteiger partial charge in [-0.3, -0.25) is 14.8 Å². The van der Waals surface area contributed by atoms with Gasteiger partial charge in [-0.15, -0.1) is 0 Å². The number of carbonyl (C=O) groups is 1. The Balaban J connectivity index is 1.28. The predicted octanol–water partition coefficient (Wildman–Crippen LogP) is 3.51. The second kappa shape index (κ2) is 11.3. The molecule has 1 fully saturated rings. The third kappa shape index (κ3) is 5.61. The van der Waals surface area contributed by atoms with Gasteiger partial charge in [0.2, 0.25) is 6.20 Å². The number of hydrogen-bond donors (Lipinski definition) is 2. The minimum Gasteiger partial charge on any atom is -0.491 e. The first-order valence-corrected chi connectivity index (χ1v) is 12.7. The van der Waals surface area contributed by atoms with Gasteiger partial charge in [-0.05, 0) is 44.9 Å². The summed E-state index contributed by atoms with van der Waals surface area (Å²) < 4.78 is 11.7. The maximum Gasteiger partial charge on any atom is 0.306 e. The van der Waals surface area contributed by atoms with E-state index in [1.54, 1.807) is 29.6 Å². The van der Waals surface area contributed by atoms with Gasteiger partial charge in [0.1, 0.15) is 18.0 Å². The fourth-order valence-electron chi connectivity index (χ4n) is 4.79. The van der Waals surface area contributed by atoms with Gasteiger partial charge in [0.25, 0.3) is 0 Å². The van der Waals surface area contributed by atoms with Crippen molar-refractivity contribution in [3.63, 3.8) is 0 Å². The SMILES string of the molecule is Cc1nc(-c2onc(C)c2CN[n+]2cc(-c3cnccn3)ccn2)ccc1OC[C@H]1CCCC[C@@H]1C(=O)O. The summed E-state index contributed by atoms with van der Waals surface area (Å²) in [6, 6.07) is 5.55. The van der Waals surface area contributed by atoms with Crippen molar-refractivity contribution in [2.75, 3.05) is 12.0 Å². The van der Waals surface area contributed by atoms with Crippen LogP contribution in [-0.4, -0.2) is 42.9 Å². The normalized spacial score (nSPS) is 17.2. The van der Waals surface area contributed by atoms with Crippen molar-refractivity contribution < 1.29 is 24.0 Å². The van der Waals surface area contributed by atoms with Gasteiger partial charge in [-0.25, -0.2) is 4.98 Å². The van der Waals surface area contributed by atoms with E-state index in [1.807, 2.05) is 38.2 Å². The molecule has 1 saturated carbocycles. The monoisotopic (exact) mass is 516 g/mol. The number of aliphatic carboxylic acids is 1. The summed E-state index contributed by atoms with van der Waals surface area (Å²) in [7, 11) is 0. The first-order chi connectivity index (χ1) is 18.5. The zero-order valence-corrected chi connectivity index (χ0v) is 21.4. The largest absolute Gasteiger partial charge is 0.491 e. The first-order valence-electron chi connectivity index (χ1n) is 12.7. The number of pyridine rings is 1. The number of carboxylic acids is 1. The molecule has 0 amide bonds. The molecule has 1 aliphatic rings. The van der Waals surface area contributed by atoms with Crippen LogP contribution in [0.3, 0.4) is 0 Å². The average molecular weight is 517 g/mol. The summed E-state index contributed by atoms with van der Waals surface area (Å²) in [4.78, 5) is 26.4. The van der Waals surface area contributed by atoms with E-state index >= 15 is 0 Å². The molecule has 196 valence electrons. The lowest BCUT2D eigenvalue weighted by Gasteiger charge is -2.28. The van der Waals surface area contributed by atoms with Gasteiger partial charge < -0.3 is 14.4 Å². The van der Waals surface area contributed by atoms with Crippen LogP contribution >= 0.6 is 0 Å². The number of nitrogens with zero attached hydrogens (tertiary/aromatic N) is 6. The molecule has 4 aromatic heterocycles. The smallest absolute Gasteiger partial charge is 0.306 e. The van der Waals surface area contributed by atoms with Crippen LogP contribution in [0.4, 0.5) is 0 Å². The van der Waals surface area contributed by atoms with Crippen LogP contribution in [0.25, 0.3) is 22.7 Å². The molecule has 0 aromatic carbocycles. The molecule has 0 aliphatic heterocycles. The summed E-state index contributed by atoms with van der Waals surface area (Å²) in [5, 5.41) is 18.0. The van der Waals surface area contributed by atoms with E-state index < -0.39 is 5.97 Å². The number of nitrogens with one attached hydrogen (secondary N) is 1. The number of hydrogen-bond acceptors (Lipinski definition) is 9. The van der Waals surface area contributed by atoms with Crippen molar-refractivity contribution >= 4 is 5.97 Å². The molecule has 0 bridgehead atoms. The molecule has 0 saturated heterocycles. The van der Waals surface area contributed by atoms with Gasteiger partial charge in [0.05, 0.1) is 47.6 Å². The minimum atomic E-state index is -0.737. The fourth-order valence-corrected chi connectivity index (χ4v) is 4.79. The molecule has 5 rings (SSSR count). The van der Waals surface area contributed by atoms with E-state index in [9.17, 15) is 9.90 Å². The average Bonchev–Trinajstić information content (AvgIpc) is 3.32. The van der Waals surface area contributed by atoms with Gasteiger partial charge in [0.15, 0.2) is 5.76 Å². The summed E-state index contributed by atoms with van der Waals surface area (Å²) in [6.07, 6.45) is 12.1. The summed E-state index contributed by atoms with van der Waals surface area (Å²) >= 11 is 0. The van der Waals surface area contributed by atoms with Crippen molar-refractivity contribution in [1.29, 1.82) is 0 Å². The molecule has 0 radical (unpaired) electrons. The molecular weight excluding hydrogens is 486 g/mol. The molecule has 0 spiro atoms. The highest BCUT2D eigenvalue weighted by Gasteiger charge is 2.31. The maximum absolute atomic E-state index is 11.6. The van der Waals surface area contributed by atoms with Gasteiger partial charge in [0, 0.05) is 33.8 Å². The Hall–Kier alpha value is -4.41. The van der Waals surface area contributed by atoms with Crippen LogP contribution in [0.15, 0.2) is 53.7 Å². The van der Waals surface area contributed by atoms with Crippen LogP contribution in [-0.2, 0) is 11.3 Å². The standard InChI is InChI=1S/C27H29N7O4/c1-17-22(13-31-34-15-19(9-10-30-34)24-14-28-11-12-29-24)26(38-33-17)23-7-8-25(18(2)32-23)37-16-20-5-3-4-6-21(20)27(35)36/h7-12,14-15,20-21H,3-6,13,16H2,1-2H3,(H-,30,31,35,36)/p+1/t20-,21+/m1/s1. The summed E-state index contributed by atoms with van der Waals surface area (Å²) in [5.74, 6) is 0.123. The Morgan fingerprint density at radius 3 is 2.79 bits per heavy atom. The van der Waals surface area contributed by atoms with Crippen LogP contribution < -0.4 is 15.0 Å². The quantitative estimate of drug-likeness (QED) is 0.318. The molecule has 11 heteroatoms. The lowest BCUT2D eigenvalue weighted by atomic mass is 9.80. The molecule has 1 aliphatic carbocycles. The molecule has 4 heterocycles. The molecule has 2 atom stereocenters. The zero-order chi connectivity index (χ0) is 26.5. The number of carboxylic acid groups (broad SMARTS) is 1. The number of rotatable bonds is 9. The van der Waals surface area contributed by atoms with Crippen molar-refractivity contribution in [1.82, 2.24) is 25.2 Å². The van der Waals surface area contributed by atoms with Crippen LogP contribution in [0.5, 0.6) is 5.75 Å². The molecular formula is C27H30N7O4+. The van der Waals surface area contributed by atoms with Gasteiger partial charge >= 0.3 is 5.97 Å². The third-order valence-corrected chi connectivity index (χ3v) is 6.92. The lowest BCUT2D eigenvalue weighted by Crippen LogP contribution is -2.47. The summed E-state index contributed by atoms with van der Waals surface area (Å²) in [6.45, 7) is 4.52. The van der Waals surface area contributed by atoms with Crippen molar-refractivity contribution in [3.05, 3.63) is 66.1 Å². The summed E-state index contributed by atoms with van der Waals surface area (Å²) in [5.41, 5.74) is 7.82. The topological polar surface area (TPSA) is 140 Å². The zero-order valence-electron chi connectivity index (χ0n) is 21.4. The third-order valence-electron chi connectivity index (χ3n) is 6.92. The van der Waals surface area contributed by atoms with Crippen molar-refractivity contribution in [2.24, 2.45) is 11.8 Å². The van der Waals surface area contributed by atoms with Crippen LogP contribution in [0.1, 0.15) is 42.6 Å². The Morgan fingerprint density at radius 1 is 1.13 bits per heavy atom. The van der Waals surface area contributed by atoms with Crippen molar-refractivity contribution in [3.8, 4) is 28.5 Å². The van der Waals surface area contributed by atoms with E-state index in [0.717, 1.165) is 41.8 Å². The molecule has 0 unspecified atom stereocenters. The highest BCUT2D eigenvalue weighted by atomic mass is 16.5. The van der Waals surface area contributed by atoms with E-state index in [1.165, 1.54) is 0 Å². The Morgan fingerprint density at radius 2 is 2.00 bits per heavy atom. The Labute approximate surface area is 219 Å². The fraction of sp³-hybridized carbons (Fsp3) is 0.370. The van der Waals surface area contributed by atoms with E-state index in [-0.39, 0.29) is 11.8 Å². The minimum absolute atomic E-state index is 0.00785. The molecule has 2 N–H and O–H groups in total. The number of aryl methyl sites for hydroxylation is 2. The second-order valence-corrected chi connectivity index (χ2v) is 9.44. The van der Waals surface area contributed by atoms with Gasteiger partial charge in [-0.1, -0.05) is 18.0 Å². The van der Waals surface area contributed by atoms with E-state index in [4.69, 9.17) is 14.2 Å². The number of aromatic nitrogens is 6. The first kappa shape index (κ1) is 25.2. The lowest BCUT2D eigenvalue weighted by molar-refractivity contribution is -0.711. The maximum atomic E-state index is 11.6. The van der Waals surface area contributed by atoms with E-state index in [2.05, 4.69) is 25.6 Å². The molecule has 4 aromatic rings. The highest BCUT2D eigenvalue weighted by molar-refractivity contribution is 5.70. The van der Waals surface area contributed by atoms with Crippen LogP contribution in [0.2, 0.25) is 0 Å².